The Labute approximate surface area is 103 Å². The first-order valence-corrected chi connectivity index (χ1v) is 5.46. The summed E-state index contributed by atoms with van der Waals surface area (Å²) in [5.41, 5.74) is 0.810. The molecule has 0 aliphatic carbocycles. The SMILES string of the molecule is [18F]c1ccc(Oc2ncnc3ccccc23)cc1. The van der Waals surface area contributed by atoms with Crippen molar-refractivity contribution >= 4 is 10.9 Å². The van der Waals surface area contributed by atoms with Crippen molar-refractivity contribution in [3.8, 4) is 11.6 Å². The van der Waals surface area contributed by atoms with Crippen LogP contribution in [0.2, 0.25) is 0 Å². The van der Waals surface area contributed by atoms with E-state index in [1.165, 1.54) is 18.5 Å². The van der Waals surface area contributed by atoms with Gasteiger partial charge in [-0.05, 0) is 36.4 Å². The molecule has 18 heavy (non-hydrogen) atoms. The summed E-state index contributed by atoms with van der Waals surface area (Å²) >= 11 is 0. The molecule has 0 amide bonds. The van der Waals surface area contributed by atoms with Crippen LogP contribution in [0.15, 0.2) is 54.9 Å². The molecule has 0 saturated carbocycles. The second-order valence-corrected chi connectivity index (χ2v) is 3.75. The molecule has 0 fully saturated rings. The van der Waals surface area contributed by atoms with Crippen molar-refractivity contribution < 1.29 is 9.13 Å². The highest BCUT2D eigenvalue weighted by Crippen LogP contribution is 2.26. The number of fused-ring (bicyclic) bond motifs is 1. The molecule has 0 radical (unpaired) electrons. The van der Waals surface area contributed by atoms with Gasteiger partial charge < -0.3 is 4.74 Å². The fourth-order valence-corrected chi connectivity index (χ4v) is 1.68. The van der Waals surface area contributed by atoms with Crippen LogP contribution in [-0.2, 0) is 0 Å². The Hall–Kier alpha value is -2.49. The van der Waals surface area contributed by atoms with Gasteiger partial charge >= 0.3 is 0 Å². The van der Waals surface area contributed by atoms with Crippen molar-refractivity contribution in [3.05, 3.63) is 60.7 Å². The van der Waals surface area contributed by atoms with Gasteiger partial charge in [-0.1, -0.05) is 12.1 Å². The van der Waals surface area contributed by atoms with Crippen LogP contribution in [0.5, 0.6) is 11.6 Å². The monoisotopic (exact) mass is 239 g/mol. The number of halogens is 1. The van der Waals surface area contributed by atoms with Crippen LogP contribution >= 0.6 is 0 Å². The average molecular weight is 239 g/mol. The molecule has 3 nitrogen and oxygen atoms in total. The zero-order valence-corrected chi connectivity index (χ0v) is 9.38. The molecule has 0 aliphatic rings. The van der Waals surface area contributed by atoms with E-state index in [1.807, 2.05) is 24.3 Å². The van der Waals surface area contributed by atoms with Crippen LogP contribution in [-0.4, -0.2) is 9.97 Å². The van der Waals surface area contributed by atoms with Crippen LogP contribution in [0.4, 0.5) is 4.39 Å². The highest BCUT2D eigenvalue weighted by Gasteiger charge is 2.05. The summed E-state index contributed by atoms with van der Waals surface area (Å²) < 4.78 is 18.4. The second-order valence-electron chi connectivity index (χ2n) is 3.75. The summed E-state index contributed by atoms with van der Waals surface area (Å²) in [6, 6.07) is 13.4. The molecule has 0 spiro atoms. The van der Waals surface area contributed by atoms with Crippen molar-refractivity contribution in [2.75, 3.05) is 0 Å². The third-order valence-corrected chi connectivity index (χ3v) is 2.53. The minimum Gasteiger partial charge on any atom is -0.438 e. The molecule has 0 bridgehead atoms. The Balaban J connectivity index is 2.02. The minimum absolute atomic E-state index is 0.296. The summed E-state index contributed by atoms with van der Waals surface area (Å²) in [5.74, 6) is 0.711. The van der Waals surface area contributed by atoms with Crippen molar-refractivity contribution in [1.82, 2.24) is 9.97 Å². The maximum absolute atomic E-state index is 12.8. The van der Waals surface area contributed by atoms with Gasteiger partial charge in [0.1, 0.15) is 17.9 Å². The lowest BCUT2D eigenvalue weighted by molar-refractivity contribution is 0.466. The number of aromatic nitrogens is 2. The van der Waals surface area contributed by atoms with Crippen molar-refractivity contribution in [1.29, 1.82) is 0 Å². The summed E-state index contributed by atoms with van der Waals surface area (Å²) in [7, 11) is 0. The zero-order chi connectivity index (χ0) is 12.4. The molecule has 1 heterocycles. The van der Waals surface area contributed by atoms with E-state index in [9.17, 15) is 4.39 Å². The van der Waals surface area contributed by atoms with E-state index in [2.05, 4.69) is 9.97 Å². The van der Waals surface area contributed by atoms with Gasteiger partial charge in [-0.3, -0.25) is 0 Å². The maximum atomic E-state index is 12.8. The van der Waals surface area contributed by atoms with Crippen molar-refractivity contribution in [3.63, 3.8) is 0 Å². The van der Waals surface area contributed by atoms with E-state index < -0.39 is 0 Å². The molecular formula is C14H9FN2O. The topological polar surface area (TPSA) is 35.0 Å². The van der Waals surface area contributed by atoms with Crippen molar-refractivity contribution in [2.45, 2.75) is 0 Å². The van der Waals surface area contributed by atoms with Gasteiger partial charge in [0.05, 0.1) is 10.9 Å². The van der Waals surface area contributed by atoms with Gasteiger partial charge in [0.2, 0.25) is 5.88 Å². The fraction of sp³-hybridized carbons (Fsp3) is 0. The number of rotatable bonds is 2. The van der Waals surface area contributed by atoms with E-state index in [1.54, 1.807) is 12.1 Å². The van der Waals surface area contributed by atoms with Gasteiger partial charge in [-0.25, -0.2) is 14.4 Å². The number of para-hydroxylation sites is 1. The number of hydrogen-bond donors (Lipinski definition) is 0. The summed E-state index contributed by atoms with van der Waals surface area (Å²) in [4.78, 5) is 8.24. The van der Waals surface area contributed by atoms with E-state index in [0.717, 1.165) is 10.9 Å². The molecule has 2 aromatic carbocycles. The van der Waals surface area contributed by atoms with Gasteiger partial charge in [-0.2, -0.15) is 0 Å². The normalized spacial score (nSPS) is 10.5. The standard InChI is InChI=1S/C14H9FN2O/c15-10-5-7-11(8-6-10)18-14-12-3-1-2-4-13(12)16-9-17-14/h1-9H/i15-1. The van der Waals surface area contributed by atoms with E-state index in [0.29, 0.717) is 11.6 Å². The third kappa shape index (κ3) is 2.00. The molecule has 88 valence electrons. The molecular weight excluding hydrogens is 230 g/mol. The van der Waals surface area contributed by atoms with Crippen LogP contribution < -0.4 is 4.74 Å². The molecule has 0 saturated heterocycles. The Morgan fingerprint density at radius 3 is 2.50 bits per heavy atom. The first-order valence-electron chi connectivity index (χ1n) is 5.46. The molecule has 0 unspecified atom stereocenters. The number of ether oxygens (including phenoxy) is 1. The lowest BCUT2D eigenvalue weighted by atomic mass is 10.2. The third-order valence-electron chi connectivity index (χ3n) is 2.53. The minimum atomic E-state index is -0.296. The van der Waals surface area contributed by atoms with Gasteiger partial charge in [0.25, 0.3) is 0 Å². The first-order chi connectivity index (χ1) is 8.83. The summed E-state index contributed by atoms with van der Waals surface area (Å²) in [6.45, 7) is 0. The molecule has 0 aliphatic heterocycles. The predicted octanol–water partition coefficient (Wildman–Crippen LogP) is 3.56. The van der Waals surface area contributed by atoms with E-state index in [4.69, 9.17) is 4.74 Å². The second kappa shape index (κ2) is 4.41. The molecule has 1 aromatic heterocycles. The first kappa shape index (κ1) is 10.7. The van der Waals surface area contributed by atoms with Crippen molar-refractivity contribution in [2.24, 2.45) is 0 Å². The smallest absolute Gasteiger partial charge is 0.230 e. The summed E-state index contributed by atoms with van der Waals surface area (Å²) in [5, 5.41) is 0.823. The number of benzene rings is 2. The lowest BCUT2D eigenvalue weighted by Crippen LogP contribution is -1.91. The molecule has 3 aromatic rings. The largest absolute Gasteiger partial charge is 0.438 e. The Kier molecular flexibility index (Phi) is 2.61. The van der Waals surface area contributed by atoms with E-state index in [-0.39, 0.29) is 5.82 Å². The lowest BCUT2D eigenvalue weighted by Gasteiger charge is -2.06. The highest BCUT2D eigenvalue weighted by atomic mass is 18.2. The quantitative estimate of drug-likeness (QED) is 0.685. The summed E-state index contributed by atoms with van der Waals surface area (Å²) in [6.07, 6.45) is 1.45. The van der Waals surface area contributed by atoms with Gasteiger partial charge in [-0.15, -0.1) is 0 Å². The maximum Gasteiger partial charge on any atom is 0.230 e. The highest BCUT2D eigenvalue weighted by molar-refractivity contribution is 5.83. The Morgan fingerprint density at radius 1 is 0.889 bits per heavy atom. The number of hydrogen-bond acceptors (Lipinski definition) is 3. The molecule has 4 heteroatoms. The molecule has 3 rings (SSSR count). The fourth-order valence-electron chi connectivity index (χ4n) is 1.68. The number of nitrogens with zero attached hydrogens (tertiary/aromatic N) is 2. The zero-order valence-electron chi connectivity index (χ0n) is 9.38. The Bertz CT molecular complexity index is 677. The van der Waals surface area contributed by atoms with Crippen LogP contribution in [0.3, 0.4) is 0 Å². The van der Waals surface area contributed by atoms with Gasteiger partial charge in [0.15, 0.2) is 0 Å². The van der Waals surface area contributed by atoms with Crippen LogP contribution in [0.25, 0.3) is 10.9 Å². The van der Waals surface area contributed by atoms with Gasteiger partial charge in [0, 0.05) is 0 Å². The van der Waals surface area contributed by atoms with Crippen LogP contribution in [0.1, 0.15) is 0 Å². The molecule has 0 atom stereocenters. The Morgan fingerprint density at radius 2 is 1.67 bits per heavy atom. The predicted molar refractivity (Wildman–Crippen MR) is 66.0 cm³/mol. The molecule has 0 N–H and O–H groups in total. The van der Waals surface area contributed by atoms with Crippen LogP contribution in [0, 0.1) is 5.82 Å². The average Bonchev–Trinajstić information content (AvgIpc) is 2.42. The van der Waals surface area contributed by atoms with E-state index >= 15 is 0 Å².